The summed E-state index contributed by atoms with van der Waals surface area (Å²) in [6.45, 7) is 6.82. The molecule has 0 aromatic carbocycles. The predicted molar refractivity (Wildman–Crippen MR) is 60.2 cm³/mol. The van der Waals surface area contributed by atoms with Crippen LogP contribution in [0.5, 0.6) is 0 Å². The molecule has 5 heteroatoms. The molecule has 2 heterocycles. The van der Waals surface area contributed by atoms with Crippen molar-refractivity contribution in [2.75, 3.05) is 0 Å². The number of hydrogen-bond donors (Lipinski definition) is 0. The minimum atomic E-state index is -1.74. The third-order valence-corrected chi connectivity index (χ3v) is 3.82. The van der Waals surface area contributed by atoms with Crippen LogP contribution in [0.2, 0.25) is 0 Å². The average Bonchev–Trinajstić information content (AvgIpc) is 2.56. The molecule has 1 aliphatic heterocycles. The van der Waals surface area contributed by atoms with Crippen LogP contribution in [0, 0.1) is 6.92 Å². The van der Waals surface area contributed by atoms with Crippen molar-refractivity contribution in [3.63, 3.8) is 0 Å². The molecule has 2 rings (SSSR count). The van der Waals surface area contributed by atoms with Crippen LogP contribution < -0.4 is 4.78 Å². The first-order valence-corrected chi connectivity index (χ1v) is 5.74. The van der Waals surface area contributed by atoms with E-state index >= 15 is 0 Å². The summed E-state index contributed by atoms with van der Waals surface area (Å²) in [4.78, 5) is 1.17. The average molecular weight is 228 g/mol. The summed E-state index contributed by atoms with van der Waals surface area (Å²) >= 11 is 1.57. The Kier molecular flexibility index (Phi) is 2.45. The second-order valence-electron chi connectivity index (χ2n) is 4.44. The first-order valence-electron chi connectivity index (χ1n) is 4.93. The maximum absolute atomic E-state index is 14.0. The normalized spacial score (nSPS) is 29.8. The molecule has 0 amide bonds. The Bertz CT molecular complexity index is 359. The minimum absolute atomic E-state index is 0.575. The lowest BCUT2D eigenvalue weighted by Gasteiger charge is -2.27. The van der Waals surface area contributed by atoms with Crippen molar-refractivity contribution >= 4 is 23.2 Å². The van der Waals surface area contributed by atoms with Gasteiger partial charge >= 0.3 is 7.12 Å². The minimum Gasteiger partial charge on any atom is -0.396 e. The summed E-state index contributed by atoms with van der Waals surface area (Å²) in [6.07, 6.45) is 0. The molecule has 1 saturated heterocycles. The second-order valence-corrected chi connectivity index (χ2v) is 5.76. The fraction of sp³-hybridized carbons (Fsp3) is 0.600. The van der Waals surface area contributed by atoms with Gasteiger partial charge in [-0.15, -0.1) is 11.3 Å². The molecule has 1 atom stereocenters. The van der Waals surface area contributed by atoms with Crippen molar-refractivity contribution < 1.29 is 13.7 Å². The topological polar surface area (TPSA) is 18.5 Å². The molecule has 2 nitrogen and oxygen atoms in total. The van der Waals surface area contributed by atoms with E-state index in [0.29, 0.717) is 0 Å². The van der Waals surface area contributed by atoms with Gasteiger partial charge in [-0.2, -0.15) is 0 Å². The van der Waals surface area contributed by atoms with E-state index in [4.69, 9.17) is 9.31 Å². The number of thiophene rings is 1. The molecular weight excluding hydrogens is 214 g/mol. The summed E-state index contributed by atoms with van der Waals surface area (Å²) < 4.78 is 25.8. The second kappa shape index (κ2) is 3.30. The lowest BCUT2D eigenvalue weighted by molar-refractivity contribution is -0.113. The van der Waals surface area contributed by atoms with Gasteiger partial charge in [0.1, 0.15) is 5.60 Å². The van der Waals surface area contributed by atoms with Gasteiger partial charge in [-0.25, -0.2) is 4.39 Å². The summed E-state index contributed by atoms with van der Waals surface area (Å²) in [7, 11) is -0.575. The molecule has 1 unspecified atom stereocenters. The Labute approximate surface area is 93.5 Å². The summed E-state index contributed by atoms with van der Waals surface area (Å²) in [5.74, 6) is -1.74. The van der Waals surface area contributed by atoms with Gasteiger partial charge in [0.25, 0.3) is 0 Å². The van der Waals surface area contributed by atoms with Gasteiger partial charge in [0.05, 0.1) is 0 Å². The largest absolute Gasteiger partial charge is 0.507 e. The third kappa shape index (κ3) is 1.84. The van der Waals surface area contributed by atoms with Gasteiger partial charge in [-0.1, -0.05) is 6.07 Å². The van der Waals surface area contributed by atoms with Crippen LogP contribution in [0.3, 0.4) is 0 Å². The highest BCUT2D eigenvalue weighted by Gasteiger charge is 2.56. The van der Waals surface area contributed by atoms with Crippen LogP contribution in [0.15, 0.2) is 12.1 Å². The molecule has 1 fully saturated rings. The number of rotatable bonds is 1. The molecule has 0 radical (unpaired) electrons. The van der Waals surface area contributed by atoms with Crippen LogP contribution in [0.4, 0.5) is 4.39 Å². The molecular formula is C10H14BFO2S. The monoisotopic (exact) mass is 228 g/mol. The zero-order chi connectivity index (χ0) is 11.3. The number of alkyl halides is 1. The Morgan fingerprint density at radius 1 is 1.27 bits per heavy atom. The molecule has 15 heavy (non-hydrogen) atoms. The lowest BCUT2D eigenvalue weighted by atomic mass is 9.88. The number of halogens is 1. The molecule has 1 aromatic rings. The van der Waals surface area contributed by atoms with E-state index in [0.717, 1.165) is 4.78 Å². The van der Waals surface area contributed by atoms with Crippen LogP contribution in [0.25, 0.3) is 0 Å². The van der Waals surface area contributed by atoms with Gasteiger partial charge in [-0.3, -0.25) is 0 Å². The molecule has 0 aliphatic carbocycles. The Hall–Kier alpha value is -0.385. The van der Waals surface area contributed by atoms with E-state index in [9.17, 15) is 4.39 Å². The molecule has 1 aromatic heterocycles. The number of aryl methyl sites for hydroxylation is 1. The Morgan fingerprint density at radius 3 is 2.33 bits per heavy atom. The van der Waals surface area contributed by atoms with Gasteiger partial charge in [0.15, 0.2) is 0 Å². The fourth-order valence-corrected chi connectivity index (χ4v) is 2.27. The molecule has 0 bridgehead atoms. The Morgan fingerprint density at radius 2 is 1.93 bits per heavy atom. The van der Waals surface area contributed by atoms with Crippen molar-refractivity contribution in [1.82, 2.24) is 0 Å². The van der Waals surface area contributed by atoms with Crippen LogP contribution in [-0.2, 0) is 9.31 Å². The highest BCUT2D eigenvalue weighted by atomic mass is 32.1. The zero-order valence-corrected chi connectivity index (χ0v) is 10.2. The first kappa shape index (κ1) is 11.1. The summed E-state index contributed by atoms with van der Waals surface area (Å²) in [5, 5.41) is 0. The lowest BCUT2D eigenvalue weighted by Crippen LogP contribution is -2.40. The van der Waals surface area contributed by atoms with Crippen LogP contribution >= 0.6 is 11.3 Å². The van der Waals surface area contributed by atoms with Gasteiger partial charge < -0.3 is 9.31 Å². The van der Waals surface area contributed by atoms with Gasteiger partial charge in [0, 0.05) is 9.65 Å². The van der Waals surface area contributed by atoms with Crippen molar-refractivity contribution in [2.45, 2.75) is 39.2 Å². The van der Waals surface area contributed by atoms with Crippen molar-refractivity contribution in [1.29, 1.82) is 0 Å². The maximum atomic E-state index is 14.0. The van der Waals surface area contributed by atoms with E-state index in [1.54, 1.807) is 25.2 Å². The van der Waals surface area contributed by atoms with E-state index < -0.39 is 18.6 Å². The number of hydrogen-bond acceptors (Lipinski definition) is 3. The zero-order valence-electron chi connectivity index (χ0n) is 9.33. The van der Waals surface area contributed by atoms with Crippen molar-refractivity contribution in [3.05, 3.63) is 17.0 Å². The van der Waals surface area contributed by atoms with E-state index in [-0.39, 0.29) is 0 Å². The fourth-order valence-electron chi connectivity index (χ4n) is 1.44. The SMILES string of the molecule is Cc1ccc(B2OC(C)(C)C(C)(F)O2)s1. The summed E-state index contributed by atoms with van der Waals surface area (Å²) in [5.41, 5.74) is -0.907. The third-order valence-electron chi connectivity index (χ3n) is 2.80. The smallest absolute Gasteiger partial charge is 0.396 e. The standard InChI is InChI=1S/C10H14BFO2S/c1-7-5-6-8(15-7)11-13-9(2,3)10(4,12)14-11/h5-6H,1-4H3. The van der Waals surface area contributed by atoms with E-state index in [1.165, 1.54) is 11.8 Å². The molecule has 82 valence electrons. The molecule has 0 N–H and O–H groups in total. The van der Waals surface area contributed by atoms with Gasteiger partial charge in [0.2, 0.25) is 5.85 Å². The predicted octanol–water partition coefficient (Wildman–Crippen LogP) is 2.26. The van der Waals surface area contributed by atoms with E-state index in [1.807, 2.05) is 19.1 Å². The first-order chi connectivity index (χ1) is 6.82. The van der Waals surface area contributed by atoms with Crippen molar-refractivity contribution in [2.24, 2.45) is 0 Å². The Balaban J connectivity index is 2.23. The van der Waals surface area contributed by atoms with Crippen LogP contribution in [-0.4, -0.2) is 18.6 Å². The summed E-state index contributed by atoms with van der Waals surface area (Å²) in [6, 6.07) is 3.90. The highest BCUT2D eigenvalue weighted by molar-refractivity contribution is 7.22. The molecule has 1 aliphatic rings. The highest BCUT2D eigenvalue weighted by Crippen LogP contribution is 2.38. The van der Waals surface area contributed by atoms with Gasteiger partial charge in [-0.05, 0) is 33.8 Å². The molecule has 0 saturated carbocycles. The quantitative estimate of drug-likeness (QED) is 0.686. The van der Waals surface area contributed by atoms with E-state index in [2.05, 4.69) is 0 Å². The van der Waals surface area contributed by atoms with Crippen LogP contribution in [0.1, 0.15) is 25.6 Å². The van der Waals surface area contributed by atoms with Crippen molar-refractivity contribution in [3.8, 4) is 0 Å². The maximum Gasteiger partial charge on any atom is 0.507 e. The molecule has 0 spiro atoms.